The van der Waals surface area contributed by atoms with E-state index >= 15 is 0 Å². The normalized spacial score (nSPS) is 12.5. The number of hydrogen-bond acceptors (Lipinski definition) is 5. The lowest BCUT2D eigenvalue weighted by atomic mass is 10.2. The number of nitrogens with zero attached hydrogens (tertiary/aromatic N) is 1. The molecule has 0 aromatic heterocycles. The van der Waals surface area contributed by atoms with Gasteiger partial charge in [0.15, 0.2) is 6.61 Å². The van der Waals surface area contributed by atoms with Crippen molar-refractivity contribution in [1.82, 2.24) is 0 Å². The molecule has 7 heteroatoms. The average molecular weight is 521 g/mol. The summed E-state index contributed by atoms with van der Waals surface area (Å²) in [7, 11) is 0. The third-order valence-electron chi connectivity index (χ3n) is 6.05. The van der Waals surface area contributed by atoms with E-state index in [1.54, 1.807) is 29.2 Å². The average Bonchev–Trinajstić information content (AvgIpc) is 2.98. The van der Waals surface area contributed by atoms with Gasteiger partial charge in [0.25, 0.3) is 5.91 Å². The third-order valence-corrected chi connectivity index (χ3v) is 6.05. The zero-order valence-electron chi connectivity index (χ0n) is 21.3. The quantitative estimate of drug-likeness (QED) is 0.271. The number of hydrogen-bond donors (Lipinski definition) is 1. The van der Waals surface area contributed by atoms with Gasteiger partial charge in [-0.15, -0.1) is 0 Å². The van der Waals surface area contributed by atoms with Gasteiger partial charge in [-0.1, -0.05) is 60.7 Å². The summed E-state index contributed by atoms with van der Waals surface area (Å²) in [6.45, 7) is 1.16. The first-order valence-electron chi connectivity index (χ1n) is 12.6. The molecule has 1 N–H and O–H groups in total. The zero-order valence-corrected chi connectivity index (χ0v) is 21.3. The number of fused-ring (bicyclic) bond motifs is 1. The molecule has 1 aliphatic heterocycles. The Kier molecular flexibility index (Phi) is 8.19. The minimum Gasteiger partial charge on any atom is -0.492 e. The summed E-state index contributed by atoms with van der Waals surface area (Å²) >= 11 is 0. The molecule has 0 aliphatic carbocycles. The standard InChI is InChI=1S/C32H28N2O5/c35-31(18-13-24-11-15-28(16-12-24)38-22-25-7-3-1-4-8-25)33-26-14-17-29-30(21-26)39-23-32(36)34(29)19-20-37-27-9-5-2-6-10-27/h1-18,21H,19-20,22-23H2,(H,33,35)/b18-13+. The largest absolute Gasteiger partial charge is 0.492 e. The van der Waals surface area contributed by atoms with Gasteiger partial charge in [0.05, 0.1) is 12.2 Å². The topological polar surface area (TPSA) is 77.1 Å². The molecule has 0 fully saturated rings. The van der Waals surface area contributed by atoms with E-state index in [1.807, 2.05) is 84.9 Å². The summed E-state index contributed by atoms with van der Waals surface area (Å²) in [6, 6.07) is 32.2. The van der Waals surface area contributed by atoms with Crippen LogP contribution in [0.2, 0.25) is 0 Å². The Hall–Kier alpha value is -5.04. The van der Waals surface area contributed by atoms with E-state index < -0.39 is 0 Å². The summed E-state index contributed by atoms with van der Waals surface area (Å²) in [5.41, 5.74) is 3.19. The number of rotatable bonds is 10. The fraction of sp³-hybridized carbons (Fsp3) is 0.125. The number of amides is 2. The Bertz CT molecular complexity index is 1440. The number of nitrogens with one attached hydrogen (secondary N) is 1. The van der Waals surface area contributed by atoms with Crippen molar-refractivity contribution < 1.29 is 23.8 Å². The van der Waals surface area contributed by atoms with E-state index in [2.05, 4.69) is 5.32 Å². The molecular formula is C32H28N2O5. The van der Waals surface area contributed by atoms with E-state index in [0.717, 1.165) is 22.6 Å². The smallest absolute Gasteiger partial charge is 0.265 e. The van der Waals surface area contributed by atoms with Crippen molar-refractivity contribution in [2.24, 2.45) is 0 Å². The van der Waals surface area contributed by atoms with E-state index in [9.17, 15) is 9.59 Å². The molecule has 39 heavy (non-hydrogen) atoms. The van der Waals surface area contributed by atoms with Crippen LogP contribution in [0, 0.1) is 0 Å². The lowest BCUT2D eigenvalue weighted by Gasteiger charge is -2.29. The molecule has 0 saturated heterocycles. The predicted molar refractivity (Wildman–Crippen MR) is 151 cm³/mol. The molecule has 0 saturated carbocycles. The molecule has 4 aromatic carbocycles. The first-order chi connectivity index (χ1) is 19.1. The van der Waals surface area contributed by atoms with Crippen LogP contribution in [0.4, 0.5) is 11.4 Å². The summed E-state index contributed by atoms with van der Waals surface area (Å²) in [4.78, 5) is 26.6. The lowest BCUT2D eigenvalue weighted by molar-refractivity contribution is -0.121. The van der Waals surface area contributed by atoms with Crippen LogP contribution in [0.25, 0.3) is 6.08 Å². The van der Waals surface area contributed by atoms with Gasteiger partial charge in [-0.25, -0.2) is 0 Å². The second-order valence-electron chi connectivity index (χ2n) is 8.84. The summed E-state index contributed by atoms with van der Waals surface area (Å²) in [5, 5.41) is 2.84. The summed E-state index contributed by atoms with van der Waals surface area (Å²) < 4.78 is 17.2. The number of ether oxygens (including phenoxy) is 3. The van der Waals surface area contributed by atoms with Gasteiger partial charge in [0, 0.05) is 17.8 Å². The van der Waals surface area contributed by atoms with Crippen molar-refractivity contribution in [3.05, 3.63) is 120 Å². The van der Waals surface area contributed by atoms with Gasteiger partial charge in [-0.3, -0.25) is 9.59 Å². The Balaban J connectivity index is 1.14. The molecule has 0 radical (unpaired) electrons. The maximum atomic E-state index is 12.5. The second-order valence-corrected chi connectivity index (χ2v) is 8.84. The molecular weight excluding hydrogens is 492 g/mol. The van der Waals surface area contributed by atoms with E-state index in [-0.39, 0.29) is 18.4 Å². The third kappa shape index (κ3) is 7.05. The highest BCUT2D eigenvalue weighted by atomic mass is 16.5. The van der Waals surface area contributed by atoms with Gasteiger partial charge in [-0.05, 0) is 53.6 Å². The Morgan fingerprint density at radius 3 is 2.36 bits per heavy atom. The highest BCUT2D eigenvalue weighted by Crippen LogP contribution is 2.34. The van der Waals surface area contributed by atoms with Crippen molar-refractivity contribution in [2.75, 3.05) is 30.0 Å². The molecule has 5 rings (SSSR count). The van der Waals surface area contributed by atoms with Crippen molar-refractivity contribution in [3.63, 3.8) is 0 Å². The van der Waals surface area contributed by atoms with Crippen molar-refractivity contribution in [3.8, 4) is 17.2 Å². The molecule has 2 amide bonds. The molecule has 0 unspecified atom stereocenters. The van der Waals surface area contributed by atoms with Crippen molar-refractivity contribution in [2.45, 2.75) is 6.61 Å². The van der Waals surface area contributed by atoms with Crippen LogP contribution >= 0.6 is 0 Å². The van der Waals surface area contributed by atoms with E-state index in [1.165, 1.54) is 6.08 Å². The Labute approximate surface area is 227 Å². The van der Waals surface area contributed by atoms with Crippen LogP contribution in [-0.2, 0) is 16.2 Å². The van der Waals surface area contributed by atoms with E-state index in [0.29, 0.717) is 36.9 Å². The van der Waals surface area contributed by atoms with Gasteiger partial charge in [-0.2, -0.15) is 0 Å². The molecule has 0 bridgehead atoms. The van der Waals surface area contributed by atoms with Crippen LogP contribution in [0.5, 0.6) is 17.2 Å². The van der Waals surface area contributed by atoms with Crippen LogP contribution in [0.15, 0.2) is 109 Å². The number of benzene rings is 4. The first kappa shape index (κ1) is 25.6. The van der Waals surface area contributed by atoms with Gasteiger partial charge in [0.1, 0.15) is 30.5 Å². The molecule has 1 heterocycles. The fourth-order valence-electron chi connectivity index (χ4n) is 4.07. The Morgan fingerprint density at radius 1 is 0.872 bits per heavy atom. The number of carbonyl (C=O) groups excluding carboxylic acids is 2. The number of carbonyl (C=O) groups is 2. The number of para-hydroxylation sites is 1. The SMILES string of the molecule is O=C(/C=C/c1ccc(OCc2ccccc2)cc1)Nc1ccc2c(c1)OCC(=O)N2CCOc1ccccc1. The van der Waals surface area contributed by atoms with Gasteiger partial charge >= 0.3 is 0 Å². The van der Waals surface area contributed by atoms with Crippen molar-refractivity contribution in [1.29, 1.82) is 0 Å². The minimum absolute atomic E-state index is 0.0688. The van der Waals surface area contributed by atoms with Crippen LogP contribution in [0.3, 0.4) is 0 Å². The molecule has 196 valence electrons. The Morgan fingerprint density at radius 2 is 1.59 bits per heavy atom. The fourth-order valence-corrected chi connectivity index (χ4v) is 4.07. The minimum atomic E-state index is -0.278. The monoisotopic (exact) mass is 520 g/mol. The van der Waals surface area contributed by atoms with Crippen LogP contribution in [-0.4, -0.2) is 31.6 Å². The molecule has 7 nitrogen and oxygen atoms in total. The first-order valence-corrected chi connectivity index (χ1v) is 12.6. The maximum absolute atomic E-state index is 12.5. The van der Waals surface area contributed by atoms with Crippen LogP contribution in [0.1, 0.15) is 11.1 Å². The lowest BCUT2D eigenvalue weighted by Crippen LogP contribution is -2.41. The summed E-state index contributed by atoms with van der Waals surface area (Å²) in [6.07, 6.45) is 3.20. The molecule has 0 spiro atoms. The zero-order chi connectivity index (χ0) is 26.9. The maximum Gasteiger partial charge on any atom is 0.265 e. The summed E-state index contributed by atoms with van der Waals surface area (Å²) in [5.74, 6) is 1.61. The second kappa shape index (κ2) is 12.5. The molecule has 1 aliphatic rings. The van der Waals surface area contributed by atoms with Crippen molar-refractivity contribution >= 4 is 29.3 Å². The number of anilines is 2. The highest BCUT2D eigenvalue weighted by Gasteiger charge is 2.25. The van der Waals surface area contributed by atoms with Crippen LogP contribution < -0.4 is 24.4 Å². The van der Waals surface area contributed by atoms with E-state index in [4.69, 9.17) is 14.2 Å². The predicted octanol–water partition coefficient (Wildman–Crippen LogP) is 5.72. The molecule has 0 atom stereocenters. The molecule has 4 aromatic rings. The highest BCUT2D eigenvalue weighted by molar-refractivity contribution is 6.03. The van der Waals surface area contributed by atoms with Gasteiger partial charge < -0.3 is 24.4 Å². The van der Waals surface area contributed by atoms with Gasteiger partial charge in [0.2, 0.25) is 5.91 Å².